The first-order chi connectivity index (χ1) is 12.2. The van der Waals surface area contributed by atoms with Gasteiger partial charge in [-0.05, 0) is 31.2 Å². The van der Waals surface area contributed by atoms with Crippen LogP contribution in [-0.2, 0) is 21.6 Å². The van der Waals surface area contributed by atoms with E-state index >= 15 is 0 Å². The molecule has 0 amide bonds. The summed E-state index contributed by atoms with van der Waals surface area (Å²) < 4.78 is 65.6. The van der Waals surface area contributed by atoms with Crippen molar-refractivity contribution < 1.29 is 21.6 Å². The van der Waals surface area contributed by atoms with E-state index in [0.29, 0.717) is 12.1 Å². The van der Waals surface area contributed by atoms with Gasteiger partial charge in [0.05, 0.1) is 16.6 Å². The Kier molecular flexibility index (Phi) is 5.89. The van der Waals surface area contributed by atoms with E-state index in [1.807, 2.05) is 20.8 Å². The second-order valence-corrected chi connectivity index (χ2v) is 9.13. The quantitative estimate of drug-likeness (QED) is 0.789. The van der Waals surface area contributed by atoms with Gasteiger partial charge in [0.1, 0.15) is 10.7 Å². The smallest absolute Gasteiger partial charge is 0.240 e. The summed E-state index contributed by atoms with van der Waals surface area (Å²) in [6, 6.07) is 3.00. The fraction of sp³-hybridized carbons (Fsp3) is 0.412. The number of nitrogens with zero attached hydrogens (tertiary/aromatic N) is 2. The van der Waals surface area contributed by atoms with Gasteiger partial charge in [0.15, 0.2) is 0 Å². The summed E-state index contributed by atoms with van der Waals surface area (Å²) in [5, 5.41) is -0.520. The summed E-state index contributed by atoms with van der Waals surface area (Å²) in [6.45, 7) is 7.40. The van der Waals surface area contributed by atoms with Crippen molar-refractivity contribution in [1.29, 1.82) is 0 Å². The molecule has 0 aliphatic rings. The van der Waals surface area contributed by atoms with E-state index < -0.39 is 37.7 Å². The maximum atomic E-state index is 12.7. The Morgan fingerprint density at radius 3 is 2.30 bits per heavy atom. The van der Waals surface area contributed by atoms with Crippen LogP contribution in [0.4, 0.5) is 13.2 Å². The second kappa shape index (κ2) is 7.37. The van der Waals surface area contributed by atoms with Crippen LogP contribution in [0.2, 0.25) is 5.02 Å². The van der Waals surface area contributed by atoms with Crippen LogP contribution in [0.15, 0.2) is 35.4 Å². The number of rotatable bonds is 4. The van der Waals surface area contributed by atoms with Crippen LogP contribution in [0.1, 0.15) is 50.8 Å². The molecule has 148 valence electrons. The topological polar surface area (TPSA) is 72.0 Å². The summed E-state index contributed by atoms with van der Waals surface area (Å²) in [5.41, 5.74) is -0.556. The molecular formula is C17H19ClF3N3O2S. The highest BCUT2D eigenvalue weighted by Crippen LogP contribution is 2.33. The molecule has 0 spiro atoms. The Bertz CT molecular complexity index is 941. The number of halogens is 4. The molecule has 0 aliphatic heterocycles. The van der Waals surface area contributed by atoms with E-state index in [4.69, 9.17) is 11.6 Å². The average molecular weight is 422 g/mol. The van der Waals surface area contributed by atoms with Gasteiger partial charge in [-0.15, -0.1) is 0 Å². The minimum absolute atomic E-state index is 0.244. The van der Waals surface area contributed by atoms with Crippen molar-refractivity contribution in [1.82, 2.24) is 14.7 Å². The van der Waals surface area contributed by atoms with Gasteiger partial charge in [-0.3, -0.25) is 0 Å². The Labute approximate surface area is 161 Å². The van der Waals surface area contributed by atoms with Crippen LogP contribution in [0.25, 0.3) is 0 Å². The molecule has 0 saturated heterocycles. The van der Waals surface area contributed by atoms with Crippen LogP contribution in [-0.4, -0.2) is 18.4 Å². The van der Waals surface area contributed by atoms with Crippen molar-refractivity contribution >= 4 is 21.6 Å². The fourth-order valence-electron chi connectivity index (χ4n) is 2.24. The van der Waals surface area contributed by atoms with Crippen molar-refractivity contribution in [2.75, 3.05) is 0 Å². The lowest BCUT2D eigenvalue weighted by molar-refractivity contribution is -0.137. The molecule has 10 heteroatoms. The monoisotopic (exact) mass is 421 g/mol. The number of hydrogen-bond acceptors (Lipinski definition) is 4. The number of sulfonamides is 1. The Hall–Kier alpha value is -1.71. The lowest BCUT2D eigenvalue weighted by Gasteiger charge is -2.20. The number of benzene rings is 1. The molecule has 1 heterocycles. The van der Waals surface area contributed by atoms with Gasteiger partial charge < -0.3 is 0 Å². The van der Waals surface area contributed by atoms with Gasteiger partial charge in [-0.1, -0.05) is 32.4 Å². The van der Waals surface area contributed by atoms with Gasteiger partial charge in [-0.25, -0.2) is 23.1 Å². The third-order valence-electron chi connectivity index (χ3n) is 3.71. The molecule has 2 aromatic rings. The zero-order valence-electron chi connectivity index (χ0n) is 15.1. The minimum Gasteiger partial charge on any atom is -0.240 e. The standard InChI is InChI=1S/C17H19ClF3N3O2S/c1-10(15-22-8-7-14(23-15)16(2,3)4)24-27(25,26)13-6-5-11(9-12(13)18)17(19,20)21/h5-10,24H,1-4H3. The molecular weight excluding hydrogens is 403 g/mol. The van der Waals surface area contributed by atoms with Gasteiger partial charge >= 0.3 is 6.18 Å². The summed E-state index contributed by atoms with van der Waals surface area (Å²) in [7, 11) is -4.18. The van der Waals surface area contributed by atoms with Gasteiger partial charge in [0.2, 0.25) is 10.0 Å². The summed E-state index contributed by atoms with van der Waals surface area (Å²) in [5.74, 6) is 0.244. The number of alkyl halides is 3. The predicted octanol–water partition coefficient (Wildman–Crippen LogP) is 4.49. The van der Waals surface area contributed by atoms with Crippen molar-refractivity contribution in [2.24, 2.45) is 0 Å². The fourth-order valence-corrected chi connectivity index (χ4v) is 3.99. The van der Waals surface area contributed by atoms with Crippen LogP contribution in [0.3, 0.4) is 0 Å². The number of nitrogens with one attached hydrogen (secondary N) is 1. The average Bonchev–Trinajstić information content (AvgIpc) is 2.52. The van der Waals surface area contributed by atoms with E-state index in [0.717, 1.165) is 11.8 Å². The van der Waals surface area contributed by atoms with Gasteiger partial charge in [0, 0.05) is 17.3 Å². The van der Waals surface area contributed by atoms with Crippen molar-refractivity contribution in [2.45, 2.75) is 50.2 Å². The molecule has 2 rings (SSSR count). The molecule has 0 radical (unpaired) electrons. The van der Waals surface area contributed by atoms with Crippen LogP contribution < -0.4 is 4.72 Å². The van der Waals surface area contributed by atoms with E-state index in [9.17, 15) is 21.6 Å². The van der Waals surface area contributed by atoms with Crippen molar-refractivity contribution in [3.63, 3.8) is 0 Å². The second-order valence-electron chi connectivity index (χ2n) is 7.04. The highest BCUT2D eigenvalue weighted by Gasteiger charge is 2.32. The van der Waals surface area contributed by atoms with Crippen LogP contribution >= 0.6 is 11.6 Å². The minimum atomic E-state index is -4.62. The van der Waals surface area contributed by atoms with Crippen LogP contribution in [0.5, 0.6) is 0 Å². The van der Waals surface area contributed by atoms with E-state index in [-0.39, 0.29) is 11.2 Å². The highest BCUT2D eigenvalue weighted by atomic mass is 35.5. The third-order valence-corrected chi connectivity index (χ3v) is 5.73. The summed E-state index contributed by atoms with van der Waals surface area (Å²) in [4.78, 5) is 8.00. The third kappa shape index (κ3) is 5.18. The van der Waals surface area contributed by atoms with E-state index in [1.54, 1.807) is 6.07 Å². The zero-order valence-corrected chi connectivity index (χ0v) is 16.7. The molecule has 1 aromatic heterocycles. The summed E-state index contributed by atoms with van der Waals surface area (Å²) >= 11 is 5.78. The maximum Gasteiger partial charge on any atom is 0.416 e. The zero-order chi connectivity index (χ0) is 20.6. The first kappa shape index (κ1) is 21.6. The van der Waals surface area contributed by atoms with E-state index in [2.05, 4.69) is 14.7 Å². The Morgan fingerprint density at radius 1 is 1.15 bits per heavy atom. The molecule has 1 atom stereocenters. The Balaban J connectivity index is 2.31. The molecule has 1 aromatic carbocycles. The molecule has 27 heavy (non-hydrogen) atoms. The van der Waals surface area contributed by atoms with Gasteiger partial charge in [0.25, 0.3) is 0 Å². The molecule has 0 bridgehead atoms. The van der Waals surface area contributed by atoms with Crippen molar-refractivity contribution in [3.8, 4) is 0 Å². The Morgan fingerprint density at radius 2 is 1.78 bits per heavy atom. The molecule has 0 saturated carbocycles. The normalized spacial score (nSPS) is 14.2. The number of aromatic nitrogens is 2. The first-order valence-corrected chi connectivity index (χ1v) is 9.80. The first-order valence-electron chi connectivity index (χ1n) is 7.94. The molecule has 1 N–H and O–H groups in total. The SMILES string of the molecule is CC(NS(=O)(=O)c1ccc(C(F)(F)F)cc1Cl)c1nccc(C(C)(C)C)n1. The summed E-state index contributed by atoms with van der Waals surface area (Å²) in [6.07, 6.45) is -3.09. The molecule has 0 aliphatic carbocycles. The van der Waals surface area contributed by atoms with Crippen LogP contribution in [0, 0.1) is 0 Å². The lowest BCUT2D eigenvalue weighted by Crippen LogP contribution is -2.29. The lowest BCUT2D eigenvalue weighted by atomic mass is 9.92. The predicted molar refractivity (Wildman–Crippen MR) is 95.9 cm³/mol. The highest BCUT2D eigenvalue weighted by molar-refractivity contribution is 7.89. The molecule has 1 unspecified atom stereocenters. The largest absolute Gasteiger partial charge is 0.416 e. The maximum absolute atomic E-state index is 12.7. The molecule has 0 fully saturated rings. The molecule has 5 nitrogen and oxygen atoms in total. The number of hydrogen-bond donors (Lipinski definition) is 1. The van der Waals surface area contributed by atoms with Crippen molar-refractivity contribution in [3.05, 3.63) is 52.6 Å². The van der Waals surface area contributed by atoms with E-state index in [1.165, 1.54) is 13.1 Å². The van der Waals surface area contributed by atoms with Gasteiger partial charge in [-0.2, -0.15) is 13.2 Å².